The number of hydrogen-bond acceptors (Lipinski definition) is 4. The summed E-state index contributed by atoms with van der Waals surface area (Å²) < 4.78 is 2.10. The van der Waals surface area contributed by atoms with Crippen LogP contribution in [0.15, 0.2) is 18.6 Å². The van der Waals surface area contributed by atoms with Crippen LogP contribution in [0.5, 0.6) is 0 Å². The van der Waals surface area contributed by atoms with Crippen molar-refractivity contribution in [3.8, 4) is 0 Å². The molecule has 3 heterocycles. The Kier molecular flexibility index (Phi) is 3.42. The van der Waals surface area contributed by atoms with Gasteiger partial charge >= 0.3 is 127 Å². The number of fused-ring (bicyclic) bond motifs is 1. The van der Waals surface area contributed by atoms with Crippen molar-refractivity contribution >= 4 is 48.8 Å². The van der Waals surface area contributed by atoms with Crippen molar-refractivity contribution in [1.82, 2.24) is 17.7 Å². The van der Waals surface area contributed by atoms with Gasteiger partial charge < -0.3 is 0 Å². The summed E-state index contributed by atoms with van der Waals surface area (Å²) in [5, 5.41) is 7.19. The normalized spacial score (nSPS) is 23.3. The van der Waals surface area contributed by atoms with Crippen LogP contribution in [0.25, 0.3) is 11.0 Å². The quantitative estimate of drug-likeness (QED) is 0.654. The molecule has 2 atom stereocenters. The first-order chi connectivity index (χ1) is 9.15. The average molecular weight is 449 g/mol. The first-order valence-corrected chi connectivity index (χ1v) is 8.30. The standard InChI is InChI=1S/C12H15N5O.Tl/c1-7-2-3-9(12(18)16-7)17-11-8-4-5-13-10(8)14-6-15-11;/h4-7,9H,2-3H2,1H3,(H3,13,14,15,16,17,18);/q;+1/p-1/t7-,9+;/m0./s1. The molecule has 2 aromatic heterocycles. The fourth-order valence-electron chi connectivity index (χ4n) is 2.35. The van der Waals surface area contributed by atoms with Gasteiger partial charge in [0.05, 0.1) is 0 Å². The van der Waals surface area contributed by atoms with E-state index in [1.54, 1.807) is 6.33 Å². The van der Waals surface area contributed by atoms with Gasteiger partial charge in [0.25, 0.3) is 0 Å². The predicted molar refractivity (Wildman–Crippen MR) is 72.9 cm³/mol. The number of aromatic nitrogens is 3. The van der Waals surface area contributed by atoms with Gasteiger partial charge in [-0.25, -0.2) is 0 Å². The van der Waals surface area contributed by atoms with E-state index in [4.69, 9.17) is 0 Å². The Hall–Kier alpha value is -1.19. The Balaban J connectivity index is 1.87. The zero-order valence-corrected chi connectivity index (χ0v) is 15.1. The molecule has 0 radical (unpaired) electrons. The summed E-state index contributed by atoms with van der Waals surface area (Å²) >= 11 is 0.670. The van der Waals surface area contributed by atoms with Gasteiger partial charge in [0.2, 0.25) is 0 Å². The number of nitrogens with zero attached hydrogens (tertiary/aromatic N) is 3. The molecule has 1 aliphatic heterocycles. The van der Waals surface area contributed by atoms with E-state index in [0.29, 0.717) is 26.1 Å². The summed E-state index contributed by atoms with van der Waals surface area (Å²) in [6.07, 6.45) is 5.38. The van der Waals surface area contributed by atoms with Crippen LogP contribution < -0.4 is 10.6 Å². The molecule has 7 heteroatoms. The first-order valence-electron chi connectivity index (χ1n) is 6.29. The molecule has 0 aromatic carbocycles. The Morgan fingerprint density at radius 3 is 3.11 bits per heavy atom. The van der Waals surface area contributed by atoms with Crippen molar-refractivity contribution in [3.63, 3.8) is 0 Å². The third-order valence-corrected chi connectivity index (χ3v) is 5.03. The van der Waals surface area contributed by atoms with E-state index < -0.39 is 0 Å². The molecule has 0 aliphatic carbocycles. The molecule has 3 rings (SSSR count). The van der Waals surface area contributed by atoms with Crippen molar-refractivity contribution < 1.29 is 4.79 Å². The molecule has 0 spiro atoms. The molecule has 1 fully saturated rings. The topological polar surface area (TPSA) is 71.8 Å². The van der Waals surface area contributed by atoms with Crippen LogP contribution >= 0.6 is 0 Å². The van der Waals surface area contributed by atoms with Gasteiger partial charge in [0, 0.05) is 0 Å². The van der Waals surface area contributed by atoms with Crippen LogP contribution in [0.1, 0.15) is 19.8 Å². The second-order valence-electron chi connectivity index (χ2n) is 4.87. The average Bonchev–Trinajstić information content (AvgIpc) is 2.76. The van der Waals surface area contributed by atoms with E-state index in [1.807, 2.05) is 19.2 Å². The molecule has 96 valence electrons. The van der Waals surface area contributed by atoms with Crippen LogP contribution in [-0.2, 0) is 4.79 Å². The maximum atomic E-state index is 11.9. The van der Waals surface area contributed by atoms with Crippen molar-refractivity contribution in [2.75, 3.05) is 5.32 Å². The molecule has 2 N–H and O–H groups in total. The second kappa shape index (κ2) is 5.06. The van der Waals surface area contributed by atoms with E-state index >= 15 is 0 Å². The van der Waals surface area contributed by atoms with Crippen molar-refractivity contribution in [3.05, 3.63) is 18.6 Å². The minimum absolute atomic E-state index is 0.0534. The fourth-order valence-corrected chi connectivity index (χ4v) is 3.49. The number of carbonyl (C=O) groups excluding carboxylic acids is 1. The molecular formula is C12H14N5OTl. The Morgan fingerprint density at radius 2 is 2.32 bits per heavy atom. The van der Waals surface area contributed by atoms with Gasteiger partial charge in [-0.05, 0) is 0 Å². The molecule has 2 aromatic rings. The minimum atomic E-state index is -0.200. The van der Waals surface area contributed by atoms with Crippen molar-refractivity contribution in [1.29, 1.82) is 0 Å². The van der Waals surface area contributed by atoms with Crippen LogP contribution in [0.3, 0.4) is 0 Å². The third kappa shape index (κ3) is 2.45. The summed E-state index contributed by atoms with van der Waals surface area (Å²) in [7, 11) is 0. The van der Waals surface area contributed by atoms with E-state index in [2.05, 4.69) is 23.0 Å². The summed E-state index contributed by atoms with van der Waals surface area (Å²) in [6, 6.07) is 2.06. The van der Waals surface area contributed by atoms with E-state index in [9.17, 15) is 4.79 Å². The predicted octanol–water partition coefficient (Wildman–Crippen LogP) is 0.442. The van der Waals surface area contributed by atoms with E-state index in [-0.39, 0.29) is 18.0 Å². The number of hydrogen-bond donors (Lipinski definition) is 2. The summed E-state index contributed by atoms with van der Waals surface area (Å²) in [6.45, 7) is 2.03. The van der Waals surface area contributed by atoms with Gasteiger partial charge in [-0.15, -0.1) is 0 Å². The van der Waals surface area contributed by atoms with Crippen LogP contribution in [0.4, 0.5) is 5.82 Å². The number of piperidine rings is 1. The number of nitrogens with one attached hydrogen (secondary N) is 2. The summed E-state index contributed by atoms with van der Waals surface area (Å²) in [5.74, 6) is 0.803. The number of anilines is 1. The van der Waals surface area contributed by atoms with Crippen LogP contribution in [0, 0.1) is 0 Å². The number of rotatable bonds is 2. The van der Waals surface area contributed by atoms with Crippen LogP contribution in [-0.4, -0.2) is 56.4 Å². The Bertz CT molecular complexity index is 626. The van der Waals surface area contributed by atoms with E-state index in [0.717, 1.165) is 29.7 Å². The number of carbonyl (C=O) groups is 1. The van der Waals surface area contributed by atoms with Gasteiger partial charge in [-0.3, -0.25) is 0 Å². The van der Waals surface area contributed by atoms with Crippen molar-refractivity contribution in [2.24, 2.45) is 0 Å². The van der Waals surface area contributed by atoms with Gasteiger partial charge in [-0.2, -0.15) is 0 Å². The first kappa shape index (κ1) is 12.8. The third-order valence-electron chi connectivity index (χ3n) is 3.41. The molecule has 1 aliphatic rings. The molecular weight excluding hydrogens is 435 g/mol. The number of amides is 1. The summed E-state index contributed by atoms with van der Waals surface area (Å²) in [4.78, 5) is 20.5. The second-order valence-corrected chi connectivity index (χ2v) is 7.03. The Morgan fingerprint density at radius 1 is 1.47 bits per heavy atom. The van der Waals surface area contributed by atoms with E-state index in [1.165, 1.54) is 0 Å². The van der Waals surface area contributed by atoms with Gasteiger partial charge in [-0.1, -0.05) is 0 Å². The molecule has 6 nitrogen and oxygen atoms in total. The molecule has 1 saturated heterocycles. The van der Waals surface area contributed by atoms with Gasteiger partial charge in [0.1, 0.15) is 0 Å². The molecule has 0 bridgehead atoms. The summed E-state index contributed by atoms with van der Waals surface area (Å²) in [5.41, 5.74) is 0.937. The SMILES string of the molecule is C[C@H]1CC[C@@H](Nc2ncnc3c2cc[n]3[Tl])C(=O)N1. The fraction of sp³-hybridized carbons (Fsp3) is 0.417. The molecule has 1 amide bonds. The van der Waals surface area contributed by atoms with Crippen LogP contribution in [0.2, 0.25) is 0 Å². The monoisotopic (exact) mass is 449 g/mol. The molecule has 19 heavy (non-hydrogen) atoms. The van der Waals surface area contributed by atoms with Crippen molar-refractivity contribution in [2.45, 2.75) is 31.8 Å². The molecule has 0 saturated carbocycles. The maximum absolute atomic E-state index is 11.9. The van der Waals surface area contributed by atoms with Gasteiger partial charge in [0.15, 0.2) is 0 Å². The Labute approximate surface area is 127 Å². The molecule has 0 unspecified atom stereocenters. The zero-order chi connectivity index (χ0) is 13.4. The zero-order valence-electron chi connectivity index (χ0n) is 10.6.